The lowest BCUT2D eigenvalue weighted by atomic mass is 10.1. The van der Waals surface area contributed by atoms with Crippen LogP contribution in [-0.4, -0.2) is 36.7 Å². The zero-order valence-corrected chi connectivity index (χ0v) is 18.4. The van der Waals surface area contributed by atoms with Crippen LogP contribution in [-0.2, 0) is 9.59 Å². The Morgan fingerprint density at radius 1 is 0.871 bits per heavy atom. The first-order chi connectivity index (χ1) is 14.9. The van der Waals surface area contributed by atoms with Crippen LogP contribution in [0.5, 0.6) is 17.2 Å². The Balaban J connectivity index is 1.67. The van der Waals surface area contributed by atoms with Crippen LogP contribution in [0.4, 0.5) is 0 Å². The summed E-state index contributed by atoms with van der Waals surface area (Å²) in [7, 11) is 0. The zero-order chi connectivity index (χ0) is 22.4. The van der Waals surface area contributed by atoms with Gasteiger partial charge in [-0.15, -0.1) is 0 Å². The maximum atomic E-state index is 12.0. The van der Waals surface area contributed by atoms with E-state index < -0.39 is 11.8 Å². The Hall–Kier alpha value is -3.39. The fourth-order valence-corrected chi connectivity index (χ4v) is 3.29. The maximum Gasteiger partial charge on any atom is 0.263 e. The highest BCUT2D eigenvalue weighted by atomic mass is 32.1. The molecule has 2 N–H and O–H groups in total. The highest BCUT2D eigenvalue weighted by Gasteiger charge is 2.25. The fourth-order valence-electron chi connectivity index (χ4n) is 3.10. The lowest BCUT2D eigenvalue weighted by Gasteiger charge is -2.17. The van der Waals surface area contributed by atoms with Crippen LogP contribution in [0.25, 0.3) is 6.08 Å². The molecule has 0 spiro atoms. The summed E-state index contributed by atoms with van der Waals surface area (Å²) in [4.78, 5) is 24.1. The summed E-state index contributed by atoms with van der Waals surface area (Å²) in [5.41, 5.74) is 2.87. The van der Waals surface area contributed by atoms with Crippen molar-refractivity contribution in [2.45, 2.75) is 20.8 Å². The van der Waals surface area contributed by atoms with E-state index in [-0.39, 0.29) is 10.7 Å². The number of carbonyl (C=O) groups excluding carboxylic acids is 2. The molecule has 162 valence electrons. The summed E-state index contributed by atoms with van der Waals surface area (Å²) in [6.07, 6.45) is 1.47. The van der Waals surface area contributed by atoms with Crippen molar-refractivity contribution in [1.82, 2.24) is 10.6 Å². The molecule has 2 amide bonds. The molecule has 7 nitrogen and oxygen atoms in total. The van der Waals surface area contributed by atoms with E-state index in [1.54, 1.807) is 18.2 Å². The summed E-state index contributed by atoms with van der Waals surface area (Å²) in [6.45, 7) is 7.05. The normalized spacial score (nSPS) is 13.4. The highest BCUT2D eigenvalue weighted by Crippen LogP contribution is 2.29. The van der Waals surface area contributed by atoms with Gasteiger partial charge in [0.1, 0.15) is 24.5 Å². The topological polar surface area (TPSA) is 85.9 Å². The summed E-state index contributed by atoms with van der Waals surface area (Å²) < 4.78 is 17.3. The molecule has 2 aromatic carbocycles. The molecule has 0 radical (unpaired) electrons. The predicted molar refractivity (Wildman–Crippen MR) is 121 cm³/mol. The molecule has 2 aromatic rings. The van der Waals surface area contributed by atoms with Crippen molar-refractivity contribution in [3.05, 3.63) is 58.7 Å². The molecule has 1 aliphatic heterocycles. The third kappa shape index (κ3) is 6.05. The van der Waals surface area contributed by atoms with Gasteiger partial charge in [-0.1, -0.05) is 12.1 Å². The number of rotatable bonds is 8. The van der Waals surface area contributed by atoms with Gasteiger partial charge in [-0.05, 0) is 80.0 Å². The molecule has 0 unspecified atom stereocenters. The van der Waals surface area contributed by atoms with Gasteiger partial charge in [0, 0.05) is 0 Å². The van der Waals surface area contributed by atoms with E-state index in [4.69, 9.17) is 26.4 Å². The Morgan fingerprint density at radius 2 is 1.52 bits per heavy atom. The molecular weight excluding hydrogens is 416 g/mol. The van der Waals surface area contributed by atoms with Gasteiger partial charge in [-0.2, -0.15) is 0 Å². The third-order valence-electron chi connectivity index (χ3n) is 4.33. The standard InChI is InChI=1S/C23H24N2O5S/c1-4-28-20-13-16(12-18-21(26)24-23(31)25-22(18)27)5-6-19(20)30-8-7-29-17-10-14(2)9-15(3)11-17/h5-6,9-13H,4,7-8H2,1-3H3,(H2,24,25,26,27,31). The van der Waals surface area contributed by atoms with E-state index in [0.29, 0.717) is 36.9 Å². The van der Waals surface area contributed by atoms with Crippen LogP contribution >= 0.6 is 12.2 Å². The molecule has 0 aromatic heterocycles. The number of aryl methyl sites for hydroxylation is 2. The summed E-state index contributed by atoms with van der Waals surface area (Å²) in [5.74, 6) is 0.768. The monoisotopic (exact) mass is 440 g/mol. The van der Waals surface area contributed by atoms with E-state index in [9.17, 15) is 9.59 Å². The molecule has 0 aliphatic carbocycles. The first-order valence-corrected chi connectivity index (χ1v) is 10.3. The number of thiocarbonyl (C=S) groups is 1. The molecule has 1 saturated heterocycles. The minimum Gasteiger partial charge on any atom is -0.490 e. The minimum absolute atomic E-state index is 0.00561. The first kappa shape index (κ1) is 22.3. The molecule has 1 aliphatic rings. The molecular formula is C23H24N2O5S. The second-order valence-electron chi connectivity index (χ2n) is 6.95. The number of nitrogens with one attached hydrogen (secondary N) is 2. The first-order valence-electron chi connectivity index (χ1n) is 9.85. The Morgan fingerprint density at radius 3 is 2.16 bits per heavy atom. The van der Waals surface area contributed by atoms with Crippen LogP contribution in [0, 0.1) is 13.8 Å². The Kier molecular flexibility index (Phi) is 7.25. The van der Waals surface area contributed by atoms with Crippen LogP contribution in [0.1, 0.15) is 23.6 Å². The Bertz CT molecular complexity index is 1010. The molecule has 1 fully saturated rings. The van der Waals surface area contributed by atoms with Crippen LogP contribution in [0.2, 0.25) is 0 Å². The number of hydrogen-bond acceptors (Lipinski definition) is 6. The van der Waals surface area contributed by atoms with Gasteiger partial charge >= 0.3 is 0 Å². The quantitative estimate of drug-likeness (QED) is 0.284. The van der Waals surface area contributed by atoms with Gasteiger partial charge in [-0.3, -0.25) is 20.2 Å². The van der Waals surface area contributed by atoms with Crippen LogP contribution in [0.3, 0.4) is 0 Å². The number of amides is 2. The molecule has 8 heteroatoms. The summed E-state index contributed by atoms with van der Waals surface area (Å²) in [5, 5.41) is 4.81. The SMILES string of the molecule is CCOc1cc(C=C2C(=O)NC(=S)NC2=O)ccc1OCCOc1cc(C)cc(C)c1. The van der Waals surface area contributed by atoms with Gasteiger partial charge in [0.2, 0.25) is 0 Å². The van der Waals surface area contributed by atoms with Crippen molar-refractivity contribution >= 4 is 35.2 Å². The molecule has 0 bridgehead atoms. The van der Waals surface area contributed by atoms with Gasteiger partial charge in [0.05, 0.1) is 6.61 Å². The number of ether oxygens (including phenoxy) is 3. The highest BCUT2D eigenvalue weighted by molar-refractivity contribution is 7.80. The third-order valence-corrected chi connectivity index (χ3v) is 4.53. The summed E-state index contributed by atoms with van der Waals surface area (Å²) >= 11 is 4.81. The molecule has 0 saturated carbocycles. The molecule has 31 heavy (non-hydrogen) atoms. The van der Waals surface area contributed by atoms with Gasteiger partial charge in [0.25, 0.3) is 11.8 Å². The molecule has 0 atom stereocenters. The predicted octanol–water partition coefficient (Wildman–Crippen LogP) is 3.07. The van der Waals surface area contributed by atoms with E-state index in [1.807, 2.05) is 32.9 Å². The van der Waals surface area contributed by atoms with E-state index >= 15 is 0 Å². The zero-order valence-electron chi connectivity index (χ0n) is 17.6. The minimum atomic E-state index is -0.546. The fraction of sp³-hybridized carbons (Fsp3) is 0.261. The van der Waals surface area contributed by atoms with Crippen molar-refractivity contribution < 1.29 is 23.8 Å². The summed E-state index contributed by atoms with van der Waals surface area (Å²) in [6, 6.07) is 11.2. The maximum absolute atomic E-state index is 12.0. The van der Waals surface area contributed by atoms with Crippen molar-refractivity contribution in [1.29, 1.82) is 0 Å². The van der Waals surface area contributed by atoms with Crippen molar-refractivity contribution in [3.63, 3.8) is 0 Å². The van der Waals surface area contributed by atoms with Crippen LogP contribution in [0.15, 0.2) is 42.0 Å². The van der Waals surface area contributed by atoms with Crippen molar-refractivity contribution in [2.24, 2.45) is 0 Å². The average molecular weight is 441 g/mol. The van der Waals surface area contributed by atoms with Crippen molar-refractivity contribution in [2.75, 3.05) is 19.8 Å². The Labute approximate surface area is 186 Å². The number of hydrogen-bond donors (Lipinski definition) is 2. The lowest BCUT2D eigenvalue weighted by Crippen LogP contribution is -2.51. The van der Waals surface area contributed by atoms with Gasteiger partial charge in [0.15, 0.2) is 16.6 Å². The van der Waals surface area contributed by atoms with Gasteiger partial charge < -0.3 is 14.2 Å². The van der Waals surface area contributed by atoms with Crippen molar-refractivity contribution in [3.8, 4) is 17.2 Å². The molecule has 3 rings (SSSR count). The van der Waals surface area contributed by atoms with Crippen LogP contribution < -0.4 is 24.8 Å². The second kappa shape index (κ2) is 10.1. The van der Waals surface area contributed by atoms with E-state index in [2.05, 4.69) is 16.7 Å². The second-order valence-corrected chi connectivity index (χ2v) is 7.36. The average Bonchev–Trinajstić information content (AvgIpc) is 2.69. The van der Waals surface area contributed by atoms with E-state index in [0.717, 1.165) is 16.9 Å². The van der Waals surface area contributed by atoms with E-state index in [1.165, 1.54) is 6.08 Å². The van der Waals surface area contributed by atoms with Gasteiger partial charge in [-0.25, -0.2) is 0 Å². The number of benzene rings is 2. The number of carbonyl (C=O) groups is 2. The lowest BCUT2D eigenvalue weighted by molar-refractivity contribution is -0.123. The largest absolute Gasteiger partial charge is 0.490 e. The molecule has 1 heterocycles. The smallest absolute Gasteiger partial charge is 0.263 e.